The third-order valence-electron chi connectivity index (χ3n) is 2.20. The van der Waals surface area contributed by atoms with Crippen molar-refractivity contribution in [1.82, 2.24) is 0 Å². The fourth-order valence-electron chi connectivity index (χ4n) is 1.47. The predicted octanol–water partition coefficient (Wildman–Crippen LogP) is 2.86. The van der Waals surface area contributed by atoms with Crippen LogP contribution in [-0.2, 0) is 11.2 Å². The van der Waals surface area contributed by atoms with Gasteiger partial charge in [-0.25, -0.2) is 0 Å². The van der Waals surface area contributed by atoms with Crippen LogP contribution in [0.2, 0.25) is 0 Å². The molecule has 0 aromatic heterocycles. The average molecular weight is 196 g/mol. The molecule has 0 radical (unpaired) electrons. The Morgan fingerprint density at radius 3 is 2.31 bits per heavy atom. The van der Waals surface area contributed by atoms with E-state index in [0.29, 0.717) is 5.92 Å². The molecule has 0 fully saturated rings. The van der Waals surface area contributed by atoms with Crippen LogP contribution in [0.1, 0.15) is 30.9 Å². The summed E-state index contributed by atoms with van der Waals surface area (Å²) in [4.78, 5) is 0.918. The van der Waals surface area contributed by atoms with Gasteiger partial charge in [-0.1, -0.05) is 19.9 Å². The molecule has 0 spiro atoms. The Kier molecular flexibility index (Phi) is 3.40. The molecule has 72 valence electrons. The standard InChI is InChI=1S/C11H16OS/c1-8(2)11-6-5-10(13(4)12)7-9(11)3/h5-8H,1-4H3. The van der Waals surface area contributed by atoms with Crippen molar-refractivity contribution in [1.29, 1.82) is 0 Å². The second-order valence-corrected chi connectivity index (χ2v) is 5.01. The minimum Gasteiger partial charge on any atom is -0.612 e. The lowest BCUT2D eigenvalue weighted by molar-refractivity contribution is 0.600. The molecule has 0 saturated heterocycles. The summed E-state index contributed by atoms with van der Waals surface area (Å²) in [5.41, 5.74) is 2.58. The van der Waals surface area contributed by atoms with Gasteiger partial charge in [0.05, 0.1) is 0 Å². The van der Waals surface area contributed by atoms with E-state index in [0.717, 1.165) is 4.90 Å². The van der Waals surface area contributed by atoms with Crippen LogP contribution in [0.3, 0.4) is 0 Å². The fourth-order valence-corrected chi connectivity index (χ4v) is 2.08. The van der Waals surface area contributed by atoms with E-state index in [-0.39, 0.29) is 0 Å². The van der Waals surface area contributed by atoms with Gasteiger partial charge in [0, 0.05) is 0 Å². The third kappa shape index (κ3) is 2.48. The number of rotatable bonds is 2. The lowest BCUT2D eigenvalue weighted by Gasteiger charge is -2.11. The van der Waals surface area contributed by atoms with Gasteiger partial charge < -0.3 is 4.55 Å². The summed E-state index contributed by atoms with van der Waals surface area (Å²) >= 11 is -0.861. The second-order valence-electron chi connectivity index (χ2n) is 3.63. The summed E-state index contributed by atoms with van der Waals surface area (Å²) in [6, 6.07) is 6.06. The van der Waals surface area contributed by atoms with Crippen molar-refractivity contribution in [2.75, 3.05) is 6.26 Å². The Labute approximate surface area is 83.4 Å². The number of benzene rings is 1. The molecular formula is C11H16OS. The topological polar surface area (TPSA) is 23.1 Å². The summed E-state index contributed by atoms with van der Waals surface area (Å²) < 4.78 is 11.2. The predicted molar refractivity (Wildman–Crippen MR) is 57.6 cm³/mol. The van der Waals surface area contributed by atoms with Crippen LogP contribution in [-0.4, -0.2) is 10.8 Å². The maximum absolute atomic E-state index is 11.2. The molecule has 13 heavy (non-hydrogen) atoms. The Bertz CT molecular complexity index is 292. The van der Waals surface area contributed by atoms with Crippen molar-refractivity contribution in [3.63, 3.8) is 0 Å². The van der Waals surface area contributed by atoms with Crippen molar-refractivity contribution in [2.45, 2.75) is 31.6 Å². The molecule has 0 aliphatic heterocycles. The van der Waals surface area contributed by atoms with Crippen LogP contribution in [0.5, 0.6) is 0 Å². The molecule has 1 aromatic rings. The summed E-state index contributed by atoms with van der Waals surface area (Å²) in [7, 11) is 0. The molecule has 2 heteroatoms. The summed E-state index contributed by atoms with van der Waals surface area (Å²) in [6.07, 6.45) is 1.71. The maximum Gasteiger partial charge on any atom is 0.152 e. The van der Waals surface area contributed by atoms with Crippen molar-refractivity contribution >= 4 is 11.2 Å². The van der Waals surface area contributed by atoms with Gasteiger partial charge in [-0.2, -0.15) is 0 Å². The van der Waals surface area contributed by atoms with E-state index in [2.05, 4.69) is 26.8 Å². The molecule has 1 rings (SSSR count). The van der Waals surface area contributed by atoms with Crippen molar-refractivity contribution in [2.24, 2.45) is 0 Å². The van der Waals surface area contributed by atoms with Gasteiger partial charge in [-0.3, -0.25) is 0 Å². The zero-order chi connectivity index (χ0) is 10.0. The summed E-state index contributed by atoms with van der Waals surface area (Å²) in [6.45, 7) is 6.42. The van der Waals surface area contributed by atoms with Crippen molar-refractivity contribution < 1.29 is 4.55 Å². The van der Waals surface area contributed by atoms with Crippen LogP contribution in [0, 0.1) is 6.92 Å². The minimum atomic E-state index is -0.861. The van der Waals surface area contributed by atoms with Crippen LogP contribution in [0.15, 0.2) is 23.1 Å². The molecule has 0 heterocycles. The summed E-state index contributed by atoms with van der Waals surface area (Å²) in [5.74, 6) is 0.541. The van der Waals surface area contributed by atoms with Gasteiger partial charge in [0.1, 0.15) is 6.26 Å². The second kappa shape index (κ2) is 4.16. The highest BCUT2D eigenvalue weighted by atomic mass is 32.2. The van der Waals surface area contributed by atoms with E-state index in [1.807, 2.05) is 12.1 Å². The van der Waals surface area contributed by atoms with Gasteiger partial charge in [0.2, 0.25) is 0 Å². The van der Waals surface area contributed by atoms with Gasteiger partial charge in [0.25, 0.3) is 0 Å². The number of aryl methyl sites for hydroxylation is 1. The van der Waals surface area contributed by atoms with E-state index in [9.17, 15) is 4.55 Å². The largest absolute Gasteiger partial charge is 0.612 e. The highest BCUT2D eigenvalue weighted by Crippen LogP contribution is 2.21. The van der Waals surface area contributed by atoms with E-state index >= 15 is 0 Å². The summed E-state index contributed by atoms with van der Waals surface area (Å²) in [5, 5.41) is 0. The maximum atomic E-state index is 11.2. The zero-order valence-corrected chi connectivity index (χ0v) is 9.44. The zero-order valence-electron chi connectivity index (χ0n) is 8.63. The monoisotopic (exact) mass is 196 g/mol. The Hall–Kier alpha value is -0.470. The molecule has 0 saturated carbocycles. The molecule has 0 bridgehead atoms. The quantitative estimate of drug-likeness (QED) is 0.667. The van der Waals surface area contributed by atoms with Crippen LogP contribution < -0.4 is 0 Å². The minimum absolute atomic E-state index is 0.541. The Morgan fingerprint density at radius 1 is 1.31 bits per heavy atom. The molecule has 1 atom stereocenters. The molecule has 1 unspecified atom stereocenters. The SMILES string of the molecule is Cc1cc([S+](C)[O-])ccc1C(C)C. The first-order chi connectivity index (χ1) is 6.02. The smallest absolute Gasteiger partial charge is 0.152 e. The highest BCUT2D eigenvalue weighted by Gasteiger charge is 2.08. The van der Waals surface area contributed by atoms with Gasteiger partial charge >= 0.3 is 0 Å². The van der Waals surface area contributed by atoms with Crippen LogP contribution in [0.25, 0.3) is 0 Å². The van der Waals surface area contributed by atoms with Gasteiger partial charge in [-0.05, 0) is 47.3 Å². The molecule has 0 aliphatic rings. The van der Waals surface area contributed by atoms with Crippen LogP contribution in [0.4, 0.5) is 0 Å². The van der Waals surface area contributed by atoms with Crippen LogP contribution >= 0.6 is 0 Å². The molecule has 1 aromatic carbocycles. The number of hydrogen-bond acceptors (Lipinski definition) is 1. The highest BCUT2D eigenvalue weighted by molar-refractivity contribution is 7.90. The van der Waals surface area contributed by atoms with Gasteiger partial charge in [0.15, 0.2) is 4.90 Å². The number of hydrogen-bond donors (Lipinski definition) is 0. The first-order valence-electron chi connectivity index (χ1n) is 4.46. The average Bonchev–Trinajstić information content (AvgIpc) is 2.03. The van der Waals surface area contributed by atoms with Crippen molar-refractivity contribution in [3.05, 3.63) is 29.3 Å². The first kappa shape index (κ1) is 10.6. The molecule has 0 N–H and O–H groups in total. The molecule has 0 amide bonds. The van der Waals surface area contributed by atoms with E-state index in [1.54, 1.807) is 6.26 Å². The Balaban J connectivity index is 3.06. The van der Waals surface area contributed by atoms with Gasteiger partial charge in [-0.15, -0.1) is 0 Å². The molecular weight excluding hydrogens is 180 g/mol. The molecule has 0 aliphatic carbocycles. The first-order valence-corrected chi connectivity index (χ1v) is 6.02. The normalized spacial score (nSPS) is 13.4. The molecule has 1 nitrogen and oxygen atoms in total. The van der Waals surface area contributed by atoms with Crippen molar-refractivity contribution in [3.8, 4) is 0 Å². The lowest BCUT2D eigenvalue weighted by atomic mass is 9.98. The third-order valence-corrected chi connectivity index (χ3v) is 3.11. The fraction of sp³-hybridized carbons (Fsp3) is 0.455. The van der Waals surface area contributed by atoms with E-state index in [4.69, 9.17) is 0 Å². The van der Waals surface area contributed by atoms with E-state index in [1.165, 1.54) is 11.1 Å². The van der Waals surface area contributed by atoms with E-state index < -0.39 is 11.2 Å². The Morgan fingerprint density at radius 2 is 1.92 bits per heavy atom. The lowest BCUT2D eigenvalue weighted by Crippen LogP contribution is -2.00.